The van der Waals surface area contributed by atoms with Crippen molar-refractivity contribution in [3.8, 4) is 89.4 Å². The van der Waals surface area contributed by atoms with E-state index in [-0.39, 0.29) is 109 Å². The van der Waals surface area contributed by atoms with Crippen LogP contribution in [0.3, 0.4) is 0 Å². The van der Waals surface area contributed by atoms with Crippen LogP contribution in [0, 0.1) is 0 Å². The lowest BCUT2D eigenvalue weighted by atomic mass is 9.30. The monoisotopic (exact) mass is 1340 g/mol. The van der Waals surface area contributed by atoms with E-state index in [9.17, 15) is 19.2 Å². The van der Waals surface area contributed by atoms with Crippen molar-refractivity contribution >= 4 is 92.1 Å². The molecule has 102 heavy (non-hydrogen) atoms. The first-order chi connectivity index (χ1) is 55.8. The molecule has 0 aliphatic carbocycles. The quantitative estimate of drug-likeness (QED) is 0.134. The van der Waals surface area contributed by atoms with Crippen LogP contribution in [0.15, 0.2) is 319 Å². The van der Waals surface area contributed by atoms with E-state index in [0.717, 1.165) is 61.8 Å². The summed E-state index contributed by atoms with van der Waals surface area (Å²) in [4.78, 5) is 4.69. The second kappa shape index (κ2) is 24.4. The van der Waals surface area contributed by atoms with E-state index in [4.69, 9.17) is 6.11 Å². The van der Waals surface area contributed by atoms with E-state index >= 15 is 0 Å². The minimum atomic E-state index is -1.36. The molecule has 6 heteroatoms. The lowest BCUT2D eigenvalue weighted by molar-refractivity contribution is 0.486. The average Bonchev–Trinajstić information content (AvgIpc) is 0.659. The molecule has 0 saturated heterocycles. The zero-order valence-corrected chi connectivity index (χ0v) is 59.0. The lowest BCUT2D eigenvalue weighted by Gasteiger charge is -2.48. The number of nitrogens with zero attached hydrogens (tertiary/aromatic N) is 2. The Bertz CT molecular complexity index is 6370. The van der Waals surface area contributed by atoms with Crippen LogP contribution < -0.4 is 47.3 Å². The first-order valence-electron chi connectivity index (χ1n) is 42.3. The smallest absolute Gasteiger partial charge is 0.253 e. The predicted molar refractivity (Wildman–Crippen MR) is 436 cm³/mol. The van der Waals surface area contributed by atoms with Gasteiger partial charge in [0.1, 0.15) is 11.5 Å². The van der Waals surface area contributed by atoms with Crippen LogP contribution in [0.2, 0.25) is 0 Å². The summed E-state index contributed by atoms with van der Waals surface area (Å²) in [6, 6.07) is 64.4. The average molecular weight is 1340 g/mol. The zero-order chi connectivity index (χ0) is 82.4. The maximum atomic E-state index is 11.9. The van der Waals surface area contributed by atoms with Crippen LogP contribution in [0.4, 0.5) is 34.1 Å². The van der Waals surface area contributed by atoms with Gasteiger partial charge in [-0.15, -0.1) is 0 Å². The second-order valence-corrected chi connectivity index (χ2v) is 30.9. The van der Waals surface area contributed by atoms with Crippen molar-refractivity contribution in [1.29, 1.82) is 0 Å². The van der Waals surface area contributed by atoms with Gasteiger partial charge in [0.15, 0.2) is 0 Å². The van der Waals surface area contributed by atoms with Crippen LogP contribution in [-0.2, 0) is 16.2 Å². The number of benzene rings is 14. The molecule has 4 aliphatic rings. The molecule has 490 valence electrons. The SMILES string of the molecule is [2H]c1c([2H])c([2H])c(-c2c([2H])c([2H])c3c(c2[2H])N(c2c(-c4ccccc4)cc(C(C)(C)C)cc2-c2ccccc2)c2cc(C(C)(C)C)cc4c2B3c2c3c5c(c([2H])c2N4c2c(-c4ccccc4)cc(C(C)(C)C)cc2-c2ccccc2)Oc2c([2H])c([2H])c(-c4ccccc4)c([2H])c2B5c2c([2H])c(-c4ccccc4)c([2H])c([2H])c2S3)c([2H])c1[2H]. The largest absolute Gasteiger partial charge is 0.458 e. The van der Waals surface area contributed by atoms with Crippen LogP contribution in [-0.4, -0.2) is 13.4 Å². The van der Waals surface area contributed by atoms with E-state index in [0.29, 0.717) is 60.8 Å². The van der Waals surface area contributed by atoms with E-state index in [2.05, 4.69) is 128 Å². The summed E-state index contributed by atoms with van der Waals surface area (Å²) in [5, 5.41) is 0. The molecule has 0 radical (unpaired) electrons. The van der Waals surface area contributed by atoms with Gasteiger partial charge in [0.2, 0.25) is 0 Å². The third-order valence-corrected chi connectivity index (χ3v) is 21.5. The summed E-state index contributed by atoms with van der Waals surface area (Å²) in [6.45, 7) is 16.6. The minimum absolute atomic E-state index is 0.0308. The van der Waals surface area contributed by atoms with Crippen molar-refractivity contribution in [3.63, 3.8) is 0 Å². The Kier molecular flexibility index (Phi) is 11.6. The van der Waals surface area contributed by atoms with Crippen LogP contribution >= 0.6 is 11.8 Å². The van der Waals surface area contributed by atoms with Gasteiger partial charge in [0.05, 0.1) is 31.9 Å². The topological polar surface area (TPSA) is 15.7 Å². The standard InChI is InChI=1S/C96H78B2N2OS/c1-94(2,3)71-54-74(64-37-23-13-24-38-64)91(75(55-71)65-39-25-14-26-40-65)99-81-53-70(63-35-21-12-22-36-63)45-48-78(81)98-88-82(99)58-73(96(7,8)9)59-83(88)100(92-76(66-41-27-15-28-42-66)56-72(95(4,5)6)57-77(92)67-43-29-16-30-44-67)84-60-86-90-93(89(84)98)102-87-50-47-69(62-33-19-11-20-34-62)52-80(87)97(90)79-51-68(46-49-85(79)101-86)61-31-17-10-18-32-61/h10-60H,1-9H3/i12D,21D,22D,35D,36D,45D,46D,47D,48D,49D,50D,51D,52D,53D,60D. The van der Waals surface area contributed by atoms with E-state index in [1.165, 1.54) is 0 Å². The van der Waals surface area contributed by atoms with Crippen LogP contribution in [0.5, 0.6) is 11.5 Å². The molecule has 0 spiro atoms. The highest BCUT2D eigenvalue weighted by Gasteiger charge is 2.51. The highest BCUT2D eigenvalue weighted by molar-refractivity contribution is 8.00. The second-order valence-electron chi connectivity index (χ2n) is 29.9. The summed E-state index contributed by atoms with van der Waals surface area (Å²) in [5.74, 6) is -0.269. The Morgan fingerprint density at radius 2 is 0.716 bits per heavy atom. The Hall–Kier alpha value is -11.0. The molecule has 0 fully saturated rings. The summed E-state index contributed by atoms with van der Waals surface area (Å²) in [7, 11) is 0. The van der Waals surface area contributed by atoms with Gasteiger partial charge >= 0.3 is 0 Å². The predicted octanol–water partition coefficient (Wildman–Crippen LogP) is 22.4. The maximum Gasteiger partial charge on any atom is 0.253 e. The molecule has 0 saturated carbocycles. The first-order valence-corrected chi connectivity index (χ1v) is 35.6. The van der Waals surface area contributed by atoms with E-state index in [1.807, 2.05) is 114 Å². The molecule has 18 rings (SSSR count). The van der Waals surface area contributed by atoms with Gasteiger partial charge in [0.25, 0.3) is 13.4 Å². The molecule has 3 nitrogen and oxygen atoms in total. The van der Waals surface area contributed by atoms with Crippen LogP contribution in [0.25, 0.3) is 77.9 Å². The van der Waals surface area contributed by atoms with Crippen molar-refractivity contribution in [2.24, 2.45) is 0 Å². The minimum Gasteiger partial charge on any atom is -0.458 e. The summed E-state index contributed by atoms with van der Waals surface area (Å²) >= 11 is 1.11. The van der Waals surface area contributed by atoms with Gasteiger partial charge in [-0.25, -0.2) is 0 Å². The van der Waals surface area contributed by atoms with Crippen molar-refractivity contribution in [2.45, 2.75) is 88.3 Å². The Labute approximate surface area is 627 Å². The third-order valence-electron chi connectivity index (χ3n) is 20.3. The highest BCUT2D eigenvalue weighted by Crippen LogP contribution is 2.57. The van der Waals surface area contributed by atoms with Gasteiger partial charge in [-0.2, -0.15) is 0 Å². The number of rotatable bonds is 9. The Morgan fingerprint density at radius 1 is 0.314 bits per heavy atom. The maximum absolute atomic E-state index is 11.9. The molecule has 14 aromatic carbocycles. The fourth-order valence-corrected chi connectivity index (χ4v) is 16.4. The number of hydrogen-bond acceptors (Lipinski definition) is 4. The zero-order valence-electron chi connectivity index (χ0n) is 73.2. The van der Waals surface area contributed by atoms with E-state index < -0.39 is 83.6 Å². The molecule has 4 heterocycles. The van der Waals surface area contributed by atoms with Gasteiger partial charge < -0.3 is 14.5 Å². The third kappa shape index (κ3) is 10.7. The highest BCUT2D eigenvalue weighted by atomic mass is 32.2. The van der Waals surface area contributed by atoms with Gasteiger partial charge in [-0.1, -0.05) is 328 Å². The fourth-order valence-electron chi connectivity index (χ4n) is 15.1. The molecule has 0 atom stereocenters. The molecular weight excluding hydrogens is 1250 g/mol. The molecule has 0 N–H and O–H groups in total. The summed E-state index contributed by atoms with van der Waals surface area (Å²) in [5.41, 5.74) is 11.4. The number of anilines is 6. The number of ether oxygens (including phenoxy) is 1. The Morgan fingerprint density at radius 3 is 1.18 bits per heavy atom. The van der Waals surface area contributed by atoms with Crippen molar-refractivity contribution < 1.29 is 25.3 Å². The van der Waals surface area contributed by atoms with Gasteiger partial charge in [-0.3, -0.25) is 0 Å². The molecule has 4 aliphatic heterocycles. The number of fused-ring (bicyclic) bond motifs is 9. The molecule has 0 aromatic heterocycles. The van der Waals surface area contributed by atoms with Gasteiger partial charge in [-0.05, 0) is 170 Å². The molecular formula is C96H78B2N2OS. The normalized spacial score (nSPS) is 15.4. The fraction of sp³-hybridized carbons (Fsp3) is 0.125. The van der Waals surface area contributed by atoms with Crippen molar-refractivity contribution in [2.75, 3.05) is 9.80 Å². The Balaban J connectivity index is 1.12. The first kappa shape index (κ1) is 48.7. The molecule has 14 aromatic rings. The van der Waals surface area contributed by atoms with Crippen LogP contribution in [0.1, 0.15) is 99.6 Å². The summed E-state index contributed by atoms with van der Waals surface area (Å²) in [6.07, 6.45) is 0. The lowest BCUT2D eigenvalue weighted by Crippen LogP contribution is -2.65. The number of hydrogen-bond donors (Lipinski definition) is 0. The molecule has 0 bridgehead atoms. The molecule has 0 amide bonds. The van der Waals surface area contributed by atoms with Crippen molar-refractivity contribution in [1.82, 2.24) is 0 Å². The van der Waals surface area contributed by atoms with Crippen molar-refractivity contribution in [3.05, 3.63) is 326 Å². The van der Waals surface area contributed by atoms with E-state index in [1.54, 1.807) is 48.5 Å². The molecule has 0 unspecified atom stereocenters. The van der Waals surface area contributed by atoms with Gasteiger partial charge in [0, 0.05) is 60.8 Å². The summed E-state index contributed by atoms with van der Waals surface area (Å²) < 4.78 is 163.